The quantitative estimate of drug-likeness (QED) is 0.0278. The van der Waals surface area contributed by atoms with E-state index >= 15 is 0 Å². The highest BCUT2D eigenvalue weighted by Crippen LogP contribution is 2.41. The molecule has 0 aliphatic carbocycles. The van der Waals surface area contributed by atoms with Gasteiger partial charge in [0.25, 0.3) is 17.6 Å². The molecule has 1 saturated heterocycles. The molecule has 3 aromatic heterocycles. The molecule has 0 spiro atoms. The second kappa shape index (κ2) is 13.7. The zero-order valence-corrected chi connectivity index (χ0v) is 28.7. The molecule has 7 N–H and O–H groups in total. The molecular weight excluding hydrogens is 739 g/mol. The standard InChI is InChI=1S/C27H25N9O10S4/c1-11-4-18(36-27(29-11)31-17(6-37)33-36)47-7-12-8-48-24-20(23(41)35(24)21(12)25(42)43)32-22(40)19(14-9-49-26(28)30-14)34-46-10-50(44,45)13-2-3-15(38)16(39)5-13/h2-5,9,20,24,37-39H,6-8,10H2,1H3,(H2,28,30)(H,32,40)(H,42,43)/t20-,24-/m1/s1. The average Bonchev–Trinajstić information content (AvgIpc) is 3.70. The largest absolute Gasteiger partial charge is 0.504 e. The minimum Gasteiger partial charge on any atom is -0.504 e. The number of carboxylic acids is 1. The van der Waals surface area contributed by atoms with Crippen molar-refractivity contribution in [3.63, 3.8) is 0 Å². The van der Waals surface area contributed by atoms with E-state index in [9.17, 15) is 43.2 Å². The lowest BCUT2D eigenvalue weighted by atomic mass is 10.0. The van der Waals surface area contributed by atoms with Gasteiger partial charge in [0.05, 0.1) is 4.90 Å². The Labute approximate surface area is 293 Å². The molecular formula is C27H25N9O10S4. The van der Waals surface area contributed by atoms with E-state index in [4.69, 9.17) is 10.6 Å². The van der Waals surface area contributed by atoms with Crippen LogP contribution in [0.4, 0.5) is 5.13 Å². The van der Waals surface area contributed by atoms with Gasteiger partial charge >= 0.3 is 5.97 Å². The molecule has 50 heavy (non-hydrogen) atoms. The Morgan fingerprint density at radius 1 is 1.20 bits per heavy atom. The summed E-state index contributed by atoms with van der Waals surface area (Å²) in [6.45, 7) is 1.37. The number of aliphatic carboxylic acids is 1. The molecule has 6 rings (SSSR count). The highest BCUT2D eigenvalue weighted by atomic mass is 32.2. The lowest BCUT2D eigenvalue weighted by molar-refractivity contribution is -0.150. The number of thioether (sulfide) groups is 2. The molecule has 2 amide bonds. The van der Waals surface area contributed by atoms with E-state index in [0.717, 1.165) is 34.4 Å². The number of nitrogens with two attached hydrogens (primary N) is 1. The van der Waals surface area contributed by atoms with Crippen molar-refractivity contribution in [1.29, 1.82) is 0 Å². The van der Waals surface area contributed by atoms with Crippen molar-refractivity contribution in [2.75, 3.05) is 23.2 Å². The molecule has 2 atom stereocenters. The number of aliphatic hydroxyl groups is 1. The molecule has 2 aliphatic rings. The molecule has 0 unspecified atom stereocenters. The minimum absolute atomic E-state index is 0.0587. The third-order valence-electron chi connectivity index (χ3n) is 7.17. The monoisotopic (exact) mass is 763 g/mol. The number of amides is 2. The Kier molecular flexibility index (Phi) is 9.58. The second-order valence-corrected chi connectivity index (χ2v) is 15.5. The van der Waals surface area contributed by atoms with Crippen molar-refractivity contribution in [2.45, 2.75) is 34.9 Å². The van der Waals surface area contributed by atoms with Gasteiger partial charge in [0.2, 0.25) is 15.8 Å². The number of sulfone groups is 1. The first-order valence-electron chi connectivity index (χ1n) is 14.1. The fourth-order valence-electron chi connectivity index (χ4n) is 4.86. The van der Waals surface area contributed by atoms with Crippen molar-refractivity contribution in [3.05, 3.63) is 58.1 Å². The number of hydrogen-bond donors (Lipinski definition) is 6. The first-order chi connectivity index (χ1) is 23.8. The van der Waals surface area contributed by atoms with Crippen LogP contribution in [0.2, 0.25) is 0 Å². The summed E-state index contributed by atoms with van der Waals surface area (Å²) in [5, 5.41) is 50.3. The van der Waals surface area contributed by atoms with Crippen molar-refractivity contribution in [3.8, 4) is 11.5 Å². The Balaban J connectivity index is 1.18. The normalized spacial score (nSPS) is 17.8. The van der Waals surface area contributed by atoms with Gasteiger partial charge in [0, 0.05) is 28.6 Å². The highest BCUT2D eigenvalue weighted by molar-refractivity contribution is 8.01. The van der Waals surface area contributed by atoms with Gasteiger partial charge < -0.3 is 36.3 Å². The number of carbonyl (C=O) groups is 3. The first kappa shape index (κ1) is 34.9. The number of nitrogen functional groups attached to an aromatic ring is 1. The van der Waals surface area contributed by atoms with Crippen LogP contribution in [-0.2, 0) is 35.7 Å². The van der Waals surface area contributed by atoms with Crippen molar-refractivity contribution in [2.24, 2.45) is 5.16 Å². The number of benzene rings is 1. The third-order valence-corrected chi connectivity index (χ3v) is 11.7. The number of β-lactam (4-membered cyclic amide) rings is 1. The van der Waals surface area contributed by atoms with Gasteiger partial charge in [-0.1, -0.05) is 5.16 Å². The number of phenolic OH excluding ortho intramolecular Hbond substituents is 2. The number of nitrogens with one attached hydrogen (secondary N) is 1. The smallest absolute Gasteiger partial charge is 0.352 e. The van der Waals surface area contributed by atoms with E-state index < -0.39 is 62.2 Å². The van der Waals surface area contributed by atoms with E-state index in [1.54, 1.807) is 13.0 Å². The number of aryl methyl sites for hydroxylation is 1. The summed E-state index contributed by atoms with van der Waals surface area (Å²) in [5.74, 6) is -4.46. The van der Waals surface area contributed by atoms with Gasteiger partial charge in [-0.2, -0.15) is 9.50 Å². The molecule has 23 heteroatoms. The summed E-state index contributed by atoms with van der Waals surface area (Å²) in [5.41, 5.74) is 6.00. The molecule has 1 fully saturated rings. The van der Waals surface area contributed by atoms with Crippen LogP contribution in [0.3, 0.4) is 0 Å². The van der Waals surface area contributed by atoms with E-state index in [-0.39, 0.29) is 51.1 Å². The van der Waals surface area contributed by atoms with Crippen LogP contribution >= 0.6 is 34.9 Å². The predicted octanol–water partition coefficient (Wildman–Crippen LogP) is 0.0579. The molecule has 0 saturated carbocycles. The number of aromatic hydroxyl groups is 2. The van der Waals surface area contributed by atoms with Crippen LogP contribution in [0.5, 0.6) is 11.5 Å². The Morgan fingerprint density at radius 2 is 1.98 bits per heavy atom. The number of carboxylic acid groups (broad SMARTS) is 1. The molecule has 4 aromatic rings. The number of nitrogens with zero attached hydrogens (tertiary/aromatic N) is 7. The molecule has 262 valence electrons. The van der Waals surface area contributed by atoms with Gasteiger partial charge in [-0.05, 0) is 30.7 Å². The average molecular weight is 764 g/mol. The van der Waals surface area contributed by atoms with Crippen molar-refractivity contribution < 1.29 is 48.1 Å². The molecule has 2 aliphatic heterocycles. The topological polar surface area (TPSA) is 285 Å². The fourth-order valence-corrected chi connectivity index (χ4v) is 8.83. The van der Waals surface area contributed by atoms with Gasteiger partial charge in [0.15, 0.2) is 28.2 Å². The fraction of sp³-hybridized carbons (Fsp3) is 0.259. The number of anilines is 1. The number of fused-ring (bicyclic) bond motifs is 2. The van der Waals surface area contributed by atoms with Crippen molar-refractivity contribution in [1.82, 2.24) is 34.8 Å². The molecule has 5 heterocycles. The predicted molar refractivity (Wildman–Crippen MR) is 178 cm³/mol. The zero-order chi connectivity index (χ0) is 35.9. The van der Waals surface area contributed by atoms with Gasteiger partial charge in [-0.15, -0.1) is 40.0 Å². The highest BCUT2D eigenvalue weighted by Gasteiger charge is 2.54. The van der Waals surface area contributed by atoms with Gasteiger partial charge in [-0.25, -0.2) is 23.2 Å². The summed E-state index contributed by atoms with van der Waals surface area (Å²) in [6.07, 6.45) is 0. The Morgan fingerprint density at radius 3 is 2.66 bits per heavy atom. The first-order valence-corrected chi connectivity index (χ1v) is 18.7. The van der Waals surface area contributed by atoms with E-state index in [1.807, 2.05) is 0 Å². The lowest BCUT2D eigenvalue weighted by Crippen LogP contribution is -2.71. The molecule has 0 bridgehead atoms. The third kappa shape index (κ3) is 6.76. The van der Waals surface area contributed by atoms with Crippen LogP contribution < -0.4 is 11.1 Å². The molecule has 0 radical (unpaired) electrons. The number of aliphatic hydroxyl groups excluding tert-OH is 1. The maximum Gasteiger partial charge on any atom is 0.352 e. The molecule has 1 aromatic carbocycles. The lowest BCUT2D eigenvalue weighted by Gasteiger charge is -2.49. The van der Waals surface area contributed by atoms with Crippen LogP contribution in [0.15, 0.2) is 56.0 Å². The summed E-state index contributed by atoms with van der Waals surface area (Å²) in [6, 6.07) is 3.39. The van der Waals surface area contributed by atoms with E-state index in [2.05, 4.69) is 30.5 Å². The number of oxime groups is 1. The summed E-state index contributed by atoms with van der Waals surface area (Å²) in [4.78, 5) is 57.4. The number of hydrogen-bond acceptors (Lipinski definition) is 18. The number of carbonyl (C=O) groups excluding carboxylic acids is 2. The van der Waals surface area contributed by atoms with Gasteiger partial charge in [-0.3, -0.25) is 14.5 Å². The number of phenols is 2. The second-order valence-electron chi connectivity index (χ2n) is 10.6. The maximum atomic E-state index is 13.4. The van der Waals surface area contributed by atoms with Crippen LogP contribution in [-0.4, -0.2) is 111 Å². The maximum absolute atomic E-state index is 13.4. The zero-order valence-electron chi connectivity index (χ0n) is 25.4. The number of aromatic nitrogens is 5. The Hall–Kier alpha value is -4.97. The summed E-state index contributed by atoms with van der Waals surface area (Å²) < 4.78 is 26.8. The van der Waals surface area contributed by atoms with Crippen LogP contribution in [0.25, 0.3) is 5.78 Å². The Bertz CT molecular complexity index is 2220. The van der Waals surface area contributed by atoms with Crippen LogP contribution in [0.1, 0.15) is 17.2 Å². The summed E-state index contributed by atoms with van der Waals surface area (Å²) >= 11 is 3.45. The number of rotatable bonds is 12. The van der Waals surface area contributed by atoms with Crippen LogP contribution in [0, 0.1) is 6.92 Å². The SMILES string of the molecule is Cc1cc(SCC2=C(C(=O)O)N3C(=O)[C@@H](NC(=O)C(=NOCS(=O)(=O)c4ccc(O)c(O)c4)c4csc(N)n4)[C@H]3SC2)n2nc(CO)nc2n1. The van der Waals surface area contributed by atoms with E-state index in [0.29, 0.717) is 16.3 Å². The molecule has 19 nitrogen and oxygen atoms in total. The van der Waals surface area contributed by atoms with Crippen molar-refractivity contribution >= 4 is 79.1 Å². The number of thiazole rings is 1. The van der Waals surface area contributed by atoms with E-state index in [1.165, 1.54) is 33.4 Å². The van der Waals surface area contributed by atoms with Gasteiger partial charge in [0.1, 0.15) is 34.4 Å². The summed E-state index contributed by atoms with van der Waals surface area (Å²) in [7, 11) is -4.22. The minimum atomic E-state index is -4.22.